The fraction of sp³-hybridized carbons (Fsp3) is 0.385. The Morgan fingerprint density at radius 1 is 1.50 bits per heavy atom. The molecular weight excluding hydrogens is 252 g/mol. The van der Waals surface area contributed by atoms with Gasteiger partial charge in [0, 0.05) is 4.88 Å². The Balaban J connectivity index is 2.38. The van der Waals surface area contributed by atoms with Crippen molar-refractivity contribution < 1.29 is 19.1 Å². The molecule has 0 aliphatic heterocycles. The van der Waals surface area contributed by atoms with E-state index in [0.29, 0.717) is 4.88 Å². The van der Waals surface area contributed by atoms with Crippen LogP contribution in [0.2, 0.25) is 0 Å². The van der Waals surface area contributed by atoms with Crippen molar-refractivity contribution in [1.82, 2.24) is 0 Å². The molecule has 0 spiro atoms. The number of Topliss-reactive ketones (excluding diaryl/α,β-unsaturated/α-hetero) is 1. The summed E-state index contributed by atoms with van der Waals surface area (Å²) in [6.45, 7) is 6.99. The molecule has 1 heterocycles. The summed E-state index contributed by atoms with van der Waals surface area (Å²) in [6, 6.07) is 3.59. The van der Waals surface area contributed by atoms with Crippen molar-refractivity contribution in [2.24, 2.45) is 0 Å². The lowest BCUT2D eigenvalue weighted by Crippen LogP contribution is -2.25. The number of carbonyl (C=O) groups is 2. The number of ketones is 1. The zero-order chi connectivity index (χ0) is 13.5. The van der Waals surface area contributed by atoms with Crippen LogP contribution in [0.25, 0.3) is 0 Å². The van der Waals surface area contributed by atoms with Crippen LogP contribution in [0.3, 0.4) is 0 Å². The molecule has 1 rings (SSSR count). The van der Waals surface area contributed by atoms with Gasteiger partial charge in [-0.05, 0) is 26.0 Å². The highest BCUT2D eigenvalue weighted by Gasteiger charge is 2.17. The van der Waals surface area contributed by atoms with Gasteiger partial charge in [0.2, 0.25) is 5.78 Å². The Morgan fingerprint density at radius 3 is 2.78 bits per heavy atom. The molecule has 0 N–H and O–H groups in total. The quantitative estimate of drug-likeness (QED) is 0.433. The Labute approximate surface area is 110 Å². The minimum absolute atomic E-state index is 0.197. The molecule has 0 saturated carbocycles. The summed E-state index contributed by atoms with van der Waals surface area (Å²) < 4.78 is 9.98. The van der Waals surface area contributed by atoms with Gasteiger partial charge in [-0.2, -0.15) is 0 Å². The van der Waals surface area contributed by atoms with Crippen LogP contribution in [-0.4, -0.2) is 31.1 Å². The molecule has 18 heavy (non-hydrogen) atoms. The summed E-state index contributed by atoms with van der Waals surface area (Å²) in [5.41, 5.74) is 0. The maximum absolute atomic E-state index is 11.7. The Hall–Kier alpha value is -1.46. The summed E-state index contributed by atoms with van der Waals surface area (Å²) in [5, 5.41) is 0. The summed E-state index contributed by atoms with van der Waals surface area (Å²) in [7, 11) is 0. The molecule has 4 nitrogen and oxygen atoms in total. The number of rotatable bonds is 7. The Morgan fingerprint density at radius 2 is 2.22 bits per heavy atom. The van der Waals surface area contributed by atoms with Crippen molar-refractivity contribution in [3.63, 3.8) is 0 Å². The van der Waals surface area contributed by atoms with E-state index in [1.807, 2.05) is 13.0 Å². The van der Waals surface area contributed by atoms with Crippen LogP contribution in [0.1, 0.15) is 21.5 Å². The number of esters is 1. The molecule has 1 unspecified atom stereocenters. The minimum atomic E-state index is -0.694. The van der Waals surface area contributed by atoms with Crippen LogP contribution in [-0.2, 0) is 14.3 Å². The summed E-state index contributed by atoms with van der Waals surface area (Å²) >= 11 is 1.38. The van der Waals surface area contributed by atoms with Gasteiger partial charge in [-0.3, -0.25) is 4.79 Å². The lowest BCUT2D eigenvalue weighted by Gasteiger charge is -2.10. The van der Waals surface area contributed by atoms with Crippen LogP contribution >= 0.6 is 11.3 Å². The van der Waals surface area contributed by atoms with Crippen molar-refractivity contribution in [2.75, 3.05) is 13.2 Å². The molecule has 0 aromatic carbocycles. The third-order valence-corrected chi connectivity index (χ3v) is 3.20. The van der Waals surface area contributed by atoms with Gasteiger partial charge >= 0.3 is 5.97 Å². The second-order valence-corrected chi connectivity index (χ2v) is 4.99. The van der Waals surface area contributed by atoms with Gasteiger partial charge < -0.3 is 9.47 Å². The van der Waals surface area contributed by atoms with Crippen molar-refractivity contribution in [3.05, 3.63) is 34.5 Å². The highest BCUT2D eigenvalue weighted by molar-refractivity contribution is 7.14. The SMILES string of the molecule is C=CCOC(C)C(=O)OCC(=O)c1ccc(C)s1. The van der Waals surface area contributed by atoms with Crippen molar-refractivity contribution >= 4 is 23.1 Å². The van der Waals surface area contributed by atoms with Gasteiger partial charge in [0.1, 0.15) is 0 Å². The van der Waals surface area contributed by atoms with Crippen LogP contribution < -0.4 is 0 Å². The second-order valence-electron chi connectivity index (χ2n) is 3.71. The number of aryl methyl sites for hydroxylation is 1. The second kappa shape index (κ2) is 7.08. The third kappa shape index (κ3) is 4.43. The van der Waals surface area contributed by atoms with E-state index in [1.165, 1.54) is 11.3 Å². The lowest BCUT2D eigenvalue weighted by molar-refractivity contribution is -0.154. The smallest absolute Gasteiger partial charge is 0.335 e. The summed E-state index contributed by atoms with van der Waals surface area (Å²) in [4.78, 5) is 24.8. The zero-order valence-corrected chi connectivity index (χ0v) is 11.3. The molecule has 1 aromatic heterocycles. The molecule has 0 fully saturated rings. The van der Waals surface area contributed by atoms with E-state index in [1.54, 1.807) is 19.1 Å². The van der Waals surface area contributed by atoms with Gasteiger partial charge in [-0.25, -0.2) is 4.79 Å². The topological polar surface area (TPSA) is 52.6 Å². The molecule has 0 amide bonds. The normalized spacial score (nSPS) is 11.9. The van der Waals surface area contributed by atoms with E-state index < -0.39 is 12.1 Å². The Bertz CT molecular complexity index is 436. The van der Waals surface area contributed by atoms with E-state index in [9.17, 15) is 9.59 Å². The van der Waals surface area contributed by atoms with E-state index in [2.05, 4.69) is 6.58 Å². The number of hydrogen-bond acceptors (Lipinski definition) is 5. The first kappa shape index (κ1) is 14.6. The highest BCUT2D eigenvalue weighted by atomic mass is 32.1. The van der Waals surface area contributed by atoms with Gasteiger partial charge in [0.15, 0.2) is 12.7 Å². The molecular formula is C13H16O4S. The van der Waals surface area contributed by atoms with E-state index in [-0.39, 0.29) is 19.0 Å². The van der Waals surface area contributed by atoms with Gasteiger partial charge in [-0.15, -0.1) is 17.9 Å². The molecule has 0 aliphatic carbocycles. The first-order chi connectivity index (χ1) is 8.54. The predicted molar refractivity (Wildman–Crippen MR) is 70.0 cm³/mol. The Kier molecular flexibility index (Phi) is 5.74. The van der Waals surface area contributed by atoms with E-state index >= 15 is 0 Å². The van der Waals surface area contributed by atoms with Crippen molar-refractivity contribution in [2.45, 2.75) is 20.0 Å². The van der Waals surface area contributed by atoms with Gasteiger partial charge in [-0.1, -0.05) is 6.08 Å². The van der Waals surface area contributed by atoms with E-state index in [4.69, 9.17) is 9.47 Å². The molecule has 1 aromatic rings. The van der Waals surface area contributed by atoms with E-state index in [0.717, 1.165) is 4.88 Å². The monoisotopic (exact) mass is 268 g/mol. The number of hydrogen-bond donors (Lipinski definition) is 0. The average molecular weight is 268 g/mol. The minimum Gasteiger partial charge on any atom is -0.455 e. The average Bonchev–Trinajstić information content (AvgIpc) is 2.79. The van der Waals surface area contributed by atoms with Crippen molar-refractivity contribution in [1.29, 1.82) is 0 Å². The molecule has 0 bridgehead atoms. The molecule has 98 valence electrons. The third-order valence-electron chi connectivity index (χ3n) is 2.16. The number of ether oxygens (including phenoxy) is 2. The van der Waals surface area contributed by atoms with Crippen LogP contribution in [0.5, 0.6) is 0 Å². The largest absolute Gasteiger partial charge is 0.455 e. The first-order valence-electron chi connectivity index (χ1n) is 5.53. The molecule has 5 heteroatoms. The molecule has 1 atom stereocenters. The zero-order valence-electron chi connectivity index (χ0n) is 10.5. The number of thiophene rings is 1. The van der Waals surface area contributed by atoms with Crippen molar-refractivity contribution in [3.8, 4) is 0 Å². The fourth-order valence-corrected chi connectivity index (χ4v) is 1.98. The summed E-state index contributed by atoms with van der Waals surface area (Å²) in [6.07, 6.45) is 0.851. The van der Waals surface area contributed by atoms with Gasteiger partial charge in [0.25, 0.3) is 0 Å². The number of carbonyl (C=O) groups excluding carboxylic acids is 2. The van der Waals surface area contributed by atoms with Crippen LogP contribution in [0.15, 0.2) is 24.8 Å². The predicted octanol–water partition coefficient (Wildman–Crippen LogP) is 2.37. The first-order valence-corrected chi connectivity index (χ1v) is 6.35. The maximum atomic E-state index is 11.7. The molecule has 0 saturated heterocycles. The fourth-order valence-electron chi connectivity index (χ4n) is 1.19. The maximum Gasteiger partial charge on any atom is 0.335 e. The van der Waals surface area contributed by atoms with Crippen LogP contribution in [0, 0.1) is 6.92 Å². The van der Waals surface area contributed by atoms with Gasteiger partial charge in [0.05, 0.1) is 11.5 Å². The standard InChI is InChI=1S/C13H16O4S/c1-4-7-16-10(3)13(15)17-8-11(14)12-6-5-9(2)18-12/h4-6,10H,1,7-8H2,2-3H3. The summed E-state index contributed by atoms with van der Waals surface area (Å²) in [5.74, 6) is -0.740. The highest BCUT2D eigenvalue weighted by Crippen LogP contribution is 2.15. The molecule has 0 radical (unpaired) electrons. The lowest BCUT2D eigenvalue weighted by atomic mass is 10.3. The molecule has 0 aliphatic rings. The van der Waals surface area contributed by atoms with Crippen LogP contribution in [0.4, 0.5) is 0 Å².